The van der Waals surface area contributed by atoms with E-state index in [9.17, 15) is 0 Å². The summed E-state index contributed by atoms with van der Waals surface area (Å²) in [6.45, 7) is 5.02. The molecule has 0 atom stereocenters. The van der Waals surface area contributed by atoms with Gasteiger partial charge < -0.3 is 0 Å². The second-order valence-electron chi connectivity index (χ2n) is 4.32. The molecule has 0 saturated carbocycles. The van der Waals surface area contributed by atoms with Gasteiger partial charge in [0.2, 0.25) is 0 Å². The van der Waals surface area contributed by atoms with Gasteiger partial charge in [0.1, 0.15) is 0 Å². The van der Waals surface area contributed by atoms with E-state index in [0.29, 0.717) is 10.0 Å². The molecular weight excluding hydrogens is 394 g/mol. The van der Waals surface area contributed by atoms with Gasteiger partial charge in [-0.3, -0.25) is 4.68 Å². The van der Waals surface area contributed by atoms with Crippen LogP contribution in [0.5, 0.6) is 0 Å². The van der Waals surface area contributed by atoms with Gasteiger partial charge in [-0.15, -0.1) is 0 Å². The van der Waals surface area contributed by atoms with E-state index in [1.54, 1.807) is 0 Å². The Labute approximate surface area is 137 Å². The van der Waals surface area contributed by atoms with Crippen molar-refractivity contribution in [2.45, 2.75) is 33.2 Å². The monoisotopic (exact) mass is 408 g/mol. The molecule has 0 N–H and O–H groups in total. The van der Waals surface area contributed by atoms with Gasteiger partial charge in [0.25, 0.3) is 0 Å². The van der Waals surface area contributed by atoms with E-state index in [-0.39, 0.29) is 0 Å². The number of aryl methyl sites for hydroxylation is 1. The summed E-state index contributed by atoms with van der Waals surface area (Å²) in [6.07, 6.45) is 1.94. The second-order valence-corrected chi connectivity index (χ2v) is 6.21. The minimum Gasteiger partial charge on any atom is -0.264 e. The molecule has 102 valence electrons. The van der Waals surface area contributed by atoms with Crippen LogP contribution in [0.15, 0.2) is 18.2 Å². The molecule has 0 fully saturated rings. The van der Waals surface area contributed by atoms with Gasteiger partial charge in [-0.2, -0.15) is 5.10 Å². The van der Waals surface area contributed by atoms with Gasteiger partial charge in [0, 0.05) is 0 Å². The number of hydrogen-bond acceptors (Lipinski definition) is 1. The van der Waals surface area contributed by atoms with Crippen LogP contribution < -0.4 is 0 Å². The number of aromatic nitrogens is 2. The molecule has 1 heterocycles. The fourth-order valence-corrected chi connectivity index (χ4v) is 3.50. The van der Waals surface area contributed by atoms with Crippen molar-refractivity contribution in [3.05, 3.63) is 48.8 Å². The van der Waals surface area contributed by atoms with Gasteiger partial charge >= 0.3 is 0 Å². The highest BCUT2D eigenvalue weighted by atomic mass is 127. The first-order valence-corrected chi connectivity index (χ1v) is 8.08. The molecule has 5 heteroatoms. The molecule has 0 unspecified atom stereocenters. The van der Waals surface area contributed by atoms with E-state index >= 15 is 0 Å². The molecule has 2 rings (SSSR count). The summed E-state index contributed by atoms with van der Waals surface area (Å²) < 4.78 is 3.35. The molecule has 0 radical (unpaired) electrons. The van der Waals surface area contributed by atoms with E-state index in [4.69, 9.17) is 23.2 Å². The minimum absolute atomic E-state index is 0.588. The maximum Gasteiger partial charge on any atom is 0.0758 e. The normalized spacial score (nSPS) is 11.0. The molecule has 0 bridgehead atoms. The van der Waals surface area contributed by atoms with Crippen LogP contribution in [0.2, 0.25) is 10.0 Å². The first-order valence-electron chi connectivity index (χ1n) is 6.24. The number of nitrogens with zero attached hydrogens (tertiary/aromatic N) is 2. The molecule has 2 nitrogen and oxygen atoms in total. The Kier molecular flexibility index (Phi) is 5.15. The van der Waals surface area contributed by atoms with E-state index < -0.39 is 0 Å². The maximum absolute atomic E-state index is 6.05. The topological polar surface area (TPSA) is 17.8 Å². The summed E-state index contributed by atoms with van der Waals surface area (Å²) in [7, 11) is 0. The van der Waals surface area contributed by atoms with E-state index in [2.05, 4.69) is 46.2 Å². The summed E-state index contributed by atoms with van der Waals surface area (Å²) in [6, 6.07) is 5.73. The van der Waals surface area contributed by atoms with Gasteiger partial charge in [0.15, 0.2) is 0 Å². The van der Waals surface area contributed by atoms with Crippen LogP contribution in [0.25, 0.3) is 0 Å². The van der Waals surface area contributed by atoms with Crippen molar-refractivity contribution in [1.82, 2.24) is 9.78 Å². The zero-order valence-corrected chi connectivity index (χ0v) is 14.6. The van der Waals surface area contributed by atoms with Crippen LogP contribution in [-0.2, 0) is 19.4 Å². The van der Waals surface area contributed by atoms with Crippen LogP contribution in [-0.4, -0.2) is 9.78 Å². The highest BCUT2D eigenvalue weighted by molar-refractivity contribution is 14.1. The summed E-state index contributed by atoms with van der Waals surface area (Å²) in [4.78, 5) is 0. The lowest BCUT2D eigenvalue weighted by molar-refractivity contribution is 0.640. The summed E-state index contributed by atoms with van der Waals surface area (Å²) in [5.41, 5.74) is 3.56. The third-order valence-corrected chi connectivity index (χ3v) is 5.03. The number of rotatable bonds is 4. The molecule has 0 amide bonds. The molecule has 0 saturated heterocycles. The van der Waals surface area contributed by atoms with Gasteiger partial charge in [-0.1, -0.05) is 43.1 Å². The first kappa shape index (κ1) is 15.1. The summed E-state index contributed by atoms with van der Waals surface area (Å²) >= 11 is 14.4. The smallest absolute Gasteiger partial charge is 0.0758 e. The minimum atomic E-state index is 0.588. The van der Waals surface area contributed by atoms with Crippen LogP contribution in [0.1, 0.15) is 30.8 Å². The van der Waals surface area contributed by atoms with E-state index in [1.165, 1.54) is 9.26 Å². The predicted octanol–water partition coefficient (Wildman–Crippen LogP) is 4.97. The van der Waals surface area contributed by atoms with Gasteiger partial charge in [-0.05, 0) is 53.1 Å². The SMILES string of the molecule is CCc1nn(Cc2ccc(Cl)c(Cl)c2)c(CC)c1I. The predicted molar refractivity (Wildman–Crippen MR) is 89.3 cm³/mol. The van der Waals surface area contributed by atoms with Crippen LogP contribution in [0.3, 0.4) is 0 Å². The Hall–Kier alpha value is -0.260. The lowest BCUT2D eigenvalue weighted by atomic mass is 10.2. The van der Waals surface area contributed by atoms with Crippen LogP contribution >= 0.6 is 45.8 Å². The van der Waals surface area contributed by atoms with Crippen LogP contribution in [0, 0.1) is 3.57 Å². The summed E-state index contributed by atoms with van der Waals surface area (Å²) in [5.74, 6) is 0. The number of halogens is 3. The average molecular weight is 409 g/mol. The Morgan fingerprint density at radius 2 is 1.89 bits per heavy atom. The molecule has 0 spiro atoms. The quantitative estimate of drug-likeness (QED) is 0.653. The second kappa shape index (κ2) is 6.46. The molecule has 0 aliphatic rings. The highest BCUT2D eigenvalue weighted by Gasteiger charge is 2.13. The molecule has 1 aromatic heterocycles. The van der Waals surface area contributed by atoms with Crippen molar-refractivity contribution < 1.29 is 0 Å². The standard InChI is InChI=1S/C14H15Cl2IN2/c1-3-12-14(17)13(4-2)19(18-12)8-9-5-6-10(15)11(16)7-9/h5-7H,3-4,8H2,1-2H3. The van der Waals surface area contributed by atoms with E-state index in [0.717, 1.165) is 30.6 Å². The van der Waals surface area contributed by atoms with Crippen molar-refractivity contribution >= 4 is 45.8 Å². The van der Waals surface area contributed by atoms with Crippen molar-refractivity contribution in [2.24, 2.45) is 0 Å². The van der Waals surface area contributed by atoms with Crippen LogP contribution in [0.4, 0.5) is 0 Å². The first-order chi connectivity index (χ1) is 9.06. The Morgan fingerprint density at radius 1 is 1.16 bits per heavy atom. The summed E-state index contributed by atoms with van der Waals surface area (Å²) in [5, 5.41) is 5.86. The highest BCUT2D eigenvalue weighted by Crippen LogP contribution is 2.24. The Balaban J connectivity index is 2.34. The Bertz CT molecular complexity index is 593. The largest absolute Gasteiger partial charge is 0.264 e. The third kappa shape index (κ3) is 3.26. The van der Waals surface area contributed by atoms with E-state index in [1.807, 2.05) is 18.2 Å². The van der Waals surface area contributed by atoms with Crippen molar-refractivity contribution in [2.75, 3.05) is 0 Å². The zero-order chi connectivity index (χ0) is 14.0. The number of benzene rings is 1. The average Bonchev–Trinajstić information content (AvgIpc) is 2.69. The van der Waals surface area contributed by atoms with Gasteiger partial charge in [-0.25, -0.2) is 0 Å². The van der Waals surface area contributed by atoms with Crippen molar-refractivity contribution in [3.63, 3.8) is 0 Å². The molecule has 19 heavy (non-hydrogen) atoms. The zero-order valence-electron chi connectivity index (χ0n) is 10.9. The third-order valence-electron chi connectivity index (χ3n) is 3.05. The van der Waals surface area contributed by atoms with Crippen molar-refractivity contribution in [1.29, 1.82) is 0 Å². The lowest BCUT2D eigenvalue weighted by Crippen LogP contribution is -2.06. The fourth-order valence-electron chi connectivity index (χ4n) is 2.04. The van der Waals surface area contributed by atoms with Gasteiger partial charge in [0.05, 0.1) is 31.5 Å². The fraction of sp³-hybridized carbons (Fsp3) is 0.357. The maximum atomic E-state index is 6.05. The van der Waals surface area contributed by atoms with Crippen molar-refractivity contribution in [3.8, 4) is 0 Å². The Morgan fingerprint density at radius 3 is 2.47 bits per heavy atom. The number of hydrogen-bond donors (Lipinski definition) is 0. The molecule has 1 aromatic carbocycles. The molecule has 0 aliphatic carbocycles. The molecule has 0 aliphatic heterocycles. The lowest BCUT2D eigenvalue weighted by Gasteiger charge is -2.07. The molecular formula is C14H15Cl2IN2. The molecule has 2 aromatic rings.